The number of sulfonamides is 1. The maximum Gasteiger partial charge on any atom is 0.573 e. The summed E-state index contributed by atoms with van der Waals surface area (Å²) in [4.78, 5) is -0.572. The van der Waals surface area contributed by atoms with E-state index < -0.39 is 33.1 Å². The molecule has 0 N–H and O–H groups in total. The van der Waals surface area contributed by atoms with Crippen LogP contribution in [0.2, 0.25) is 0 Å². The number of aromatic nitrogens is 3. The summed E-state index contributed by atoms with van der Waals surface area (Å²) >= 11 is 0. The summed E-state index contributed by atoms with van der Waals surface area (Å²) in [5.41, 5.74) is 2.36. The van der Waals surface area contributed by atoms with Crippen LogP contribution in [-0.2, 0) is 23.0 Å². The number of hydrogen-bond donors (Lipinski definition) is 0. The number of ether oxygens (including phenoxy) is 1. The van der Waals surface area contributed by atoms with Crippen molar-refractivity contribution in [2.45, 2.75) is 36.7 Å². The Morgan fingerprint density at radius 3 is 2.42 bits per heavy atom. The molecule has 0 saturated heterocycles. The maximum absolute atomic E-state index is 14.0. The average Bonchev–Trinajstić information content (AvgIpc) is 3.28. The minimum Gasteiger partial charge on any atom is -0.404 e. The first kappa shape index (κ1) is 24.0. The number of alkyl halides is 3. The predicted molar refractivity (Wildman–Crippen MR) is 125 cm³/mol. The smallest absolute Gasteiger partial charge is 0.404 e. The van der Waals surface area contributed by atoms with Gasteiger partial charge in [-0.05, 0) is 42.2 Å². The van der Waals surface area contributed by atoms with Crippen molar-refractivity contribution in [3.8, 4) is 11.4 Å². The van der Waals surface area contributed by atoms with Gasteiger partial charge in [-0.15, -0.1) is 23.4 Å². The van der Waals surface area contributed by atoms with E-state index in [9.17, 15) is 21.6 Å². The van der Waals surface area contributed by atoms with Gasteiger partial charge in [-0.3, -0.25) is 4.57 Å². The van der Waals surface area contributed by atoms with E-state index in [1.165, 1.54) is 22.8 Å². The van der Waals surface area contributed by atoms with Gasteiger partial charge in [0, 0.05) is 6.54 Å². The summed E-state index contributed by atoms with van der Waals surface area (Å²) in [6, 6.07) is 20.7. The Labute approximate surface area is 205 Å². The molecule has 1 atom stereocenters. The minimum atomic E-state index is -5.05. The fourth-order valence-corrected chi connectivity index (χ4v) is 6.13. The van der Waals surface area contributed by atoms with Crippen molar-refractivity contribution < 1.29 is 26.3 Å². The standard InChI is InChI=1S/C25H21F3N4O3S/c26-25(27,28)35-22-12-6-7-13-23(22)36(33,34)32-16-19-10-4-5-11-20(19)31-17-29-30-24(31)21(32)15-14-18-8-2-1-3-9-18/h1-13,17,21H,14-16H2. The molecule has 0 amide bonds. The van der Waals surface area contributed by atoms with Gasteiger partial charge in [-0.1, -0.05) is 60.7 Å². The first-order valence-corrected chi connectivity index (χ1v) is 12.6. The Morgan fingerprint density at radius 1 is 0.944 bits per heavy atom. The van der Waals surface area contributed by atoms with Gasteiger partial charge in [0.25, 0.3) is 0 Å². The van der Waals surface area contributed by atoms with Crippen LogP contribution in [0, 0.1) is 0 Å². The van der Waals surface area contributed by atoms with Gasteiger partial charge in [0.1, 0.15) is 17.0 Å². The van der Waals surface area contributed by atoms with Crippen LogP contribution in [0.25, 0.3) is 5.69 Å². The quantitative estimate of drug-likeness (QED) is 0.360. The second kappa shape index (κ2) is 9.40. The molecule has 2 heterocycles. The van der Waals surface area contributed by atoms with Crippen molar-refractivity contribution >= 4 is 10.0 Å². The SMILES string of the molecule is O=S(=O)(c1ccccc1OC(F)(F)F)N1Cc2ccccc2-n2cnnc2C1CCc1ccccc1. The summed E-state index contributed by atoms with van der Waals surface area (Å²) in [6.45, 7) is -0.0678. The third-order valence-corrected chi connectivity index (χ3v) is 7.90. The minimum absolute atomic E-state index is 0.0678. The summed E-state index contributed by atoms with van der Waals surface area (Å²) in [6.07, 6.45) is -2.69. The first-order valence-electron chi connectivity index (χ1n) is 11.1. The Hall–Kier alpha value is -3.70. The van der Waals surface area contributed by atoms with Crippen molar-refractivity contribution in [1.29, 1.82) is 0 Å². The molecule has 0 spiro atoms. The van der Waals surface area contributed by atoms with E-state index in [1.807, 2.05) is 42.5 Å². The fraction of sp³-hybridized carbons (Fsp3) is 0.200. The number of rotatable bonds is 6. The molecule has 1 aliphatic heterocycles. The van der Waals surface area contributed by atoms with Crippen molar-refractivity contribution in [2.75, 3.05) is 0 Å². The molecule has 0 bridgehead atoms. The van der Waals surface area contributed by atoms with Crippen LogP contribution in [0.1, 0.15) is 29.4 Å². The zero-order valence-corrected chi connectivity index (χ0v) is 19.7. The Morgan fingerprint density at radius 2 is 1.64 bits per heavy atom. The lowest BCUT2D eigenvalue weighted by molar-refractivity contribution is -0.275. The predicted octanol–water partition coefficient (Wildman–Crippen LogP) is 5.04. The van der Waals surface area contributed by atoms with Crippen molar-refractivity contribution in [3.05, 3.63) is 102 Å². The van der Waals surface area contributed by atoms with Crippen LogP contribution in [-0.4, -0.2) is 33.8 Å². The highest BCUT2D eigenvalue weighted by molar-refractivity contribution is 7.89. The maximum atomic E-state index is 14.0. The molecule has 186 valence electrons. The van der Waals surface area contributed by atoms with Crippen molar-refractivity contribution in [3.63, 3.8) is 0 Å². The number of para-hydroxylation sites is 2. The molecule has 0 radical (unpaired) electrons. The second-order valence-electron chi connectivity index (χ2n) is 8.27. The monoisotopic (exact) mass is 514 g/mol. The molecule has 1 unspecified atom stereocenters. The average molecular weight is 515 g/mol. The van der Waals surface area contributed by atoms with Gasteiger partial charge in [0.15, 0.2) is 5.82 Å². The Kier molecular flexibility index (Phi) is 6.27. The molecule has 1 aromatic heterocycles. The number of nitrogens with zero attached hydrogens (tertiary/aromatic N) is 4. The molecule has 0 aliphatic carbocycles. The zero-order chi connectivity index (χ0) is 25.3. The van der Waals surface area contributed by atoms with E-state index in [0.29, 0.717) is 29.9 Å². The molecule has 0 fully saturated rings. The number of aryl methyl sites for hydroxylation is 1. The third kappa shape index (κ3) is 4.71. The molecular weight excluding hydrogens is 493 g/mol. The van der Waals surface area contributed by atoms with Crippen LogP contribution >= 0.6 is 0 Å². The lowest BCUT2D eigenvalue weighted by Gasteiger charge is -2.29. The molecule has 1 aliphatic rings. The van der Waals surface area contributed by atoms with E-state index in [1.54, 1.807) is 16.7 Å². The number of fused-ring (bicyclic) bond motifs is 3. The van der Waals surface area contributed by atoms with Crippen molar-refractivity contribution in [1.82, 2.24) is 19.1 Å². The molecule has 0 saturated carbocycles. The second-order valence-corrected chi connectivity index (χ2v) is 10.1. The summed E-state index contributed by atoms with van der Waals surface area (Å²) < 4.78 is 74.4. The lowest BCUT2D eigenvalue weighted by Crippen LogP contribution is -2.35. The van der Waals surface area contributed by atoms with Gasteiger partial charge in [-0.2, -0.15) is 4.31 Å². The van der Waals surface area contributed by atoms with Crippen LogP contribution in [0.3, 0.4) is 0 Å². The molecule has 3 aromatic carbocycles. The van der Waals surface area contributed by atoms with Gasteiger partial charge < -0.3 is 4.74 Å². The third-order valence-electron chi connectivity index (χ3n) is 6.01. The van der Waals surface area contributed by atoms with E-state index in [2.05, 4.69) is 14.9 Å². The Bertz CT molecular complexity index is 1470. The molecule has 4 aromatic rings. The Balaban J connectivity index is 1.63. The molecular formula is C25H21F3N4O3S. The summed E-state index contributed by atoms with van der Waals surface area (Å²) in [5.74, 6) is -0.403. The molecule has 7 nitrogen and oxygen atoms in total. The normalized spacial score (nSPS) is 16.1. The van der Waals surface area contributed by atoms with Crippen molar-refractivity contribution in [2.24, 2.45) is 0 Å². The van der Waals surface area contributed by atoms with E-state index in [-0.39, 0.29) is 6.54 Å². The fourth-order valence-electron chi connectivity index (χ4n) is 4.42. The highest BCUT2D eigenvalue weighted by Gasteiger charge is 2.41. The highest BCUT2D eigenvalue weighted by atomic mass is 32.2. The van der Waals surface area contributed by atoms with Gasteiger partial charge in [0.2, 0.25) is 10.0 Å². The number of halogens is 3. The van der Waals surface area contributed by atoms with Crippen LogP contribution < -0.4 is 4.74 Å². The topological polar surface area (TPSA) is 77.3 Å². The number of hydrogen-bond acceptors (Lipinski definition) is 5. The molecule has 11 heteroatoms. The zero-order valence-electron chi connectivity index (χ0n) is 18.8. The van der Waals surface area contributed by atoms with Gasteiger partial charge in [0.05, 0.1) is 11.7 Å². The van der Waals surface area contributed by atoms with E-state index >= 15 is 0 Å². The molecule has 5 rings (SSSR count). The first-order chi connectivity index (χ1) is 17.2. The van der Waals surface area contributed by atoms with E-state index in [0.717, 1.165) is 17.7 Å². The van der Waals surface area contributed by atoms with E-state index in [4.69, 9.17) is 0 Å². The largest absolute Gasteiger partial charge is 0.573 e. The number of benzene rings is 3. The lowest BCUT2D eigenvalue weighted by atomic mass is 10.0. The summed E-state index contributed by atoms with van der Waals surface area (Å²) in [5, 5.41) is 8.27. The van der Waals surface area contributed by atoms with Gasteiger partial charge >= 0.3 is 6.36 Å². The summed E-state index contributed by atoms with van der Waals surface area (Å²) in [7, 11) is -4.48. The highest BCUT2D eigenvalue weighted by Crippen LogP contribution is 2.40. The van der Waals surface area contributed by atoms with Gasteiger partial charge in [-0.25, -0.2) is 8.42 Å². The van der Waals surface area contributed by atoms with Crippen LogP contribution in [0.5, 0.6) is 5.75 Å². The van der Waals surface area contributed by atoms with Crippen LogP contribution in [0.4, 0.5) is 13.2 Å². The van der Waals surface area contributed by atoms with Crippen LogP contribution in [0.15, 0.2) is 90.1 Å². The molecule has 36 heavy (non-hydrogen) atoms.